The predicted octanol–water partition coefficient (Wildman–Crippen LogP) is 5.15. The van der Waals surface area contributed by atoms with Crippen molar-refractivity contribution in [2.24, 2.45) is 0 Å². The Balaban J connectivity index is 1.31. The van der Waals surface area contributed by atoms with Crippen molar-refractivity contribution >= 4 is 44.6 Å². The van der Waals surface area contributed by atoms with E-state index in [-0.39, 0.29) is 5.91 Å². The van der Waals surface area contributed by atoms with E-state index in [4.69, 9.17) is 4.42 Å². The van der Waals surface area contributed by atoms with Crippen LogP contribution in [-0.4, -0.2) is 37.9 Å². The minimum atomic E-state index is 0.125. The average molecular weight is 497 g/mol. The fourth-order valence-corrected chi connectivity index (χ4v) is 5.20. The third-order valence-corrected chi connectivity index (χ3v) is 6.98. The summed E-state index contributed by atoms with van der Waals surface area (Å²) in [5, 5.41) is 10.4. The molecular formula is C23H21BrN4O2S. The molecule has 1 aliphatic heterocycles. The van der Waals surface area contributed by atoms with Crippen LogP contribution in [0.15, 0.2) is 62.6 Å². The van der Waals surface area contributed by atoms with Gasteiger partial charge in [0.15, 0.2) is 10.9 Å². The van der Waals surface area contributed by atoms with Gasteiger partial charge in [-0.2, -0.15) is 0 Å². The average Bonchev–Trinajstić information content (AvgIpc) is 3.40. The van der Waals surface area contributed by atoms with E-state index >= 15 is 0 Å². The van der Waals surface area contributed by atoms with E-state index < -0.39 is 0 Å². The third-order valence-electron chi connectivity index (χ3n) is 5.54. The van der Waals surface area contributed by atoms with Gasteiger partial charge in [0.05, 0.1) is 5.75 Å². The fourth-order valence-electron chi connectivity index (χ4n) is 3.91. The molecule has 31 heavy (non-hydrogen) atoms. The Morgan fingerprint density at radius 3 is 2.84 bits per heavy atom. The van der Waals surface area contributed by atoms with E-state index in [0.29, 0.717) is 30.4 Å². The van der Waals surface area contributed by atoms with Crippen LogP contribution in [0.3, 0.4) is 0 Å². The molecule has 0 bridgehead atoms. The highest BCUT2D eigenvalue weighted by Crippen LogP contribution is 2.31. The smallest absolute Gasteiger partial charge is 0.233 e. The summed E-state index contributed by atoms with van der Waals surface area (Å²) in [5.74, 6) is 1.82. The molecule has 0 radical (unpaired) electrons. The number of halogens is 1. The lowest BCUT2D eigenvalue weighted by Gasteiger charge is -2.28. The summed E-state index contributed by atoms with van der Waals surface area (Å²) in [6.07, 6.45) is 0.907. The molecule has 2 aromatic heterocycles. The SMILES string of the molecule is CCn1c(SCC(=O)N2CCc3ccccc3C2)nnc1-c1cc2cc(Br)ccc2o1. The first-order valence-corrected chi connectivity index (χ1v) is 12.0. The van der Waals surface area contributed by atoms with Crippen molar-refractivity contribution in [1.29, 1.82) is 0 Å². The zero-order valence-corrected chi connectivity index (χ0v) is 19.4. The topological polar surface area (TPSA) is 64.2 Å². The Kier molecular flexibility index (Phi) is 5.58. The van der Waals surface area contributed by atoms with Gasteiger partial charge in [0.2, 0.25) is 11.7 Å². The first-order valence-electron chi connectivity index (χ1n) is 10.2. The summed E-state index contributed by atoms with van der Waals surface area (Å²) < 4.78 is 8.99. The largest absolute Gasteiger partial charge is 0.453 e. The van der Waals surface area contributed by atoms with Gasteiger partial charge in [-0.05, 0) is 48.7 Å². The van der Waals surface area contributed by atoms with Crippen LogP contribution < -0.4 is 0 Å². The molecule has 1 aliphatic rings. The molecule has 0 aliphatic carbocycles. The van der Waals surface area contributed by atoms with Crippen LogP contribution in [-0.2, 0) is 24.3 Å². The van der Waals surface area contributed by atoms with Crippen molar-refractivity contribution < 1.29 is 9.21 Å². The van der Waals surface area contributed by atoms with Gasteiger partial charge in [0.25, 0.3) is 0 Å². The summed E-state index contributed by atoms with van der Waals surface area (Å²) in [5.41, 5.74) is 3.38. The van der Waals surface area contributed by atoms with Gasteiger partial charge in [-0.3, -0.25) is 9.36 Å². The number of hydrogen-bond acceptors (Lipinski definition) is 5. The van der Waals surface area contributed by atoms with E-state index in [1.54, 1.807) is 0 Å². The van der Waals surface area contributed by atoms with E-state index in [1.165, 1.54) is 22.9 Å². The van der Waals surface area contributed by atoms with Crippen molar-refractivity contribution in [3.05, 3.63) is 64.1 Å². The van der Waals surface area contributed by atoms with E-state index in [2.05, 4.69) is 44.3 Å². The molecule has 0 unspecified atom stereocenters. The van der Waals surface area contributed by atoms with Crippen molar-refractivity contribution in [1.82, 2.24) is 19.7 Å². The highest BCUT2D eigenvalue weighted by Gasteiger charge is 2.22. The second kappa shape index (κ2) is 8.51. The second-order valence-electron chi connectivity index (χ2n) is 7.47. The number of amides is 1. The van der Waals surface area contributed by atoms with Gasteiger partial charge < -0.3 is 9.32 Å². The Morgan fingerprint density at radius 2 is 2.00 bits per heavy atom. The molecule has 0 atom stereocenters. The molecule has 0 N–H and O–H groups in total. The number of furan rings is 1. The number of fused-ring (bicyclic) bond motifs is 2. The standard InChI is InChI=1S/C23H21BrN4O2S/c1-2-28-22(20-12-17-11-18(24)7-8-19(17)30-20)25-26-23(28)31-14-21(29)27-10-9-15-5-3-4-6-16(15)13-27/h3-8,11-12H,2,9-10,13-14H2,1H3. The number of carbonyl (C=O) groups excluding carboxylic acids is 1. The first-order chi connectivity index (χ1) is 15.1. The lowest BCUT2D eigenvalue weighted by atomic mass is 10.00. The minimum absolute atomic E-state index is 0.125. The number of benzene rings is 2. The van der Waals surface area contributed by atoms with Gasteiger partial charge in [-0.25, -0.2) is 0 Å². The van der Waals surface area contributed by atoms with E-state index in [9.17, 15) is 4.79 Å². The molecule has 0 fully saturated rings. The van der Waals surface area contributed by atoms with Crippen LogP contribution in [0.5, 0.6) is 0 Å². The maximum absolute atomic E-state index is 12.8. The summed E-state index contributed by atoms with van der Waals surface area (Å²) >= 11 is 4.92. The highest BCUT2D eigenvalue weighted by atomic mass is 79.9. The highest BCUT2D eigenvalue weighted by molar-refractivity contribution is 9.10. The molecule has 0 spiro atoms. The zero-order chi connectivity index (χ0) is 21.4. The van der Waals surface area contributed by atoms with Crippen molar-refractivity contribution in [2.45, 2.75) is 31.6 Å². The molecule has 0 saturated heterocycles. The van der Waals surface area contributed by atoms with Crippen LogP contribution in [0.25, 0.3) is 22.6 Å². The lowest BCUT2D eigenvalue weighted by molar-refractivity contribution is -0.129. The summed E-state index contributed by atoms with van der Waals surface area (Å²) in [4.78, 5) is 14.8. The molecule has 5 rings (SSSR count). The number of thioether (sulfide) groups is 1. The summed E-state index contributed by atoms with van der Waals surface area (Å²) in [7, 11) is 0. The summed E-state index contributed by atoms with van der Waals surface area (Å²) in [6, 6.07) is 16.2. The Labute approximate surface area is 192 Å². The van der Waals surface area contributed by atoms with Crippen LogP contribution in [0.1, 0.15) is 18.1 Å². The normalized spacial score (nSPS) is 13.5. The maximum atomic E-state index is 12.8. The van der Waals surface area contributed by atoms with Gasteiger partial charge in [-0.1, -0.05) is 52.0 Å². The molecule has 158 valence electrons. The monoisotopic (exact) mass is 496 g/mol. The second-order valence-corrected chi connectivity index (χ2v) is 9.32. The summed E-state index contributed by atoms with van der Waals surface area (Å²) in [6.45, 7) is 4.17. The molecule has 2 aromatic carbocycles. The number of rotatable bonds is 5. The van der Waals surface area contributed by atoms with Gasteiger partial charge >= 0.3 is 0 Å². The number of hydrogen-bond donors (Lipinski definition) is 0. The Bertz CT molecular complexity index is 1270. The van der Waals surface area contributed by atoms with Crippen LogP contribution >= 0.6 is 27.7 Å². The minimum Gasteiger partial charge on any atom is -0.453 e. The maximum Gasteiger partial charge on any atom is 0.233 e. The van der Waals surface area contributed by atoms with E-state index in [1.807, 2.05) is 46.7 Å². The Morgan fingerprint density at radius 1 is 1.16 bits per heavy atom. The van der Waals surface area contributed by atoms with E-state index in [0.717, 1.165) is 33.6 Å². The van der Waals surface area contributed by atoms with Gasteiger partial charge in [0, 0.05) is 29.5 Å². The van der Waals surface area contributed by atoms with Crippen molar-refractivity contribution in [3.8, 4) is 11.6 Å². The third kappa shape index (κ3) is 4.02. The lowest BCUT2D eigenvalue weighted by Crippen LogP contribution is -2.37. The number of aromatic nitrogens is 3. The first kappa shape index (κ1) is 20.3. The van der Waals surface area contributed by atoms with Crippen LogP contribution in [0.4, 0.5) is 0 Å². The van der Waals surface area contributed by atoms with Gasteiger partial charge in [0.1, 0.15) is 5.58 Å². The Hall–Kier alpha value is -2.58. The van der Waals surface area contributed by atoms with Crippen molar-refractivity contribution in [3.63, 3.8) is 0 Å². The molecule has 3 heterocycles. The van der Waals surface area contributed by atoms with Crippen molar-refractivity contribution in [2.75, 3.05) is 12.3 Å². The molecule has 0 saturated carbocycles. The zero-order valence-electron chi connectivity index (χ0n) is 17.0. The van der Waals surface area contributed by atoms with Gasteiger partial charge in [-0.15, -0.1) is 10.2 Å². The molecule has 4 aromatic rings. The fraction of sp³-hybridized carbons (Fsp3) is 0.261. The molecule has 1 amide bonds. The number of nitrogens with zero attached hydrogens (tertiary/aromatic N) is 4. The van der Waals surface area contributed by atoms with Crippen LogP contribution in [0, 0.1) is 0 Å². The molecule has 8 heteroatoms. The number of carbonyl (C=O) groups is 1. The quantitative estimate of drug-likeness (QED) is 0.357. The van der Waals surface area contributed by atoms with Crippen LogP contribution in [0.2, 0.25) is 0 Å². The molecular weight excluding hydrogens is 476 g/mol. The predicted molar refractivity (Wildman–Crippen MR) is 125 cm³/mol. The molecule has 6 nitrogen and oxygen atoms in total.